The molecule has 4 nitrogen and oxygen atoms in total. The molecule has 0 saturated heterocycles. The van der Waals surface area contributed by atoms with Crippen LogP contribution in [0.15, 0.2) is 0 Å². The fourth-order valence-electron chi connectivity index (χ4n) is 0.707. The first-order valence-corrected chi connectivity index (χ1v) is 4.04. The van der Waals surface area contributed by atoms with Crippen LogP contribution < -0.4 is 5.32 Å². The normalized spacial score (nSPS) is 12.2. The van der Waals surface area contributed by atoms with Gasteiger partial charge in [-0.25, -0.2) is 0 Å². The van der Waals surface area contributed by atoms with E-state index in [-0.39, 0.29) is 12.5 Å². The minimum atomic E-state index is -1.01. The average Bonchev–Trinajstić information content (AvgIpc) is 2.00. The Balaban J connectivity index is 3.53. The van der Waals surface area contributed by atoms with Crippen molar-refractivity contribution in [2.45, 2.75) is 26.7 Å². The van der Waals surface area contributed by atoms with Crippen molar-refractivity contribution in [3.05, 3.63) is 0 Å². The topological polar surface area (TPSA) is 66.4 Å². The van der Waals surface area contributed by atoms with E-state index in [1.54, 1.807) is 0 Å². The summed E-state index contributed by atoms with van der Waals surface area (Å²) < 4.78 is 0. The number of hydrogen-bond acceptors (Lipinski definition) is 2. The van der Waals surface area contributed by atoms with Gasteiger partial charge in [0.05, 0.1) is 0 Å². The molecule has 0 fully saturated rings. The van der Waals surface area contributed by atoms with Gasteiger partial charge in [-0.15, -0.1) is 0 Å². The standard InChI is InChI=1S/C8H15NO3/c1-3-6(2)4-7(10)9-5-8(11)12/h6H,3-5H2,1-2H3,(H,9,10)(H,11,12). The summed E-state index contributed by atoms with van der Waals surface area (Å²) in [6, 6.07) is 0. The molecule has 0 aliphatic carbocycles. The van der Waals surface area contributed by atoms with Crippen molar-refractivity contribution in [2.75, 3.05) is 6.54 Å². The Morgan fingerprint density at radius 2 is 2.08 bits per heavy atom. The second kappa shape index (κ2) is 5.57. The smallest absolute Gasteiger partial charge is 0.322 e. The van der Waals surface area contributed by atoms with Crippen LogP contribution in [0.3, 0.4) is 0 Å². The first-order valence-electron chi connectivity index (χ1n) is 4.04. The lowest BCUT2D eigenvalue weighted by atomic mass is 10.1. The highest BCUT2D eigenvalue weighted by Gasteiger charge is 2.07. The highest BCUT2D eigenvalue weighted by molar-refractivity contribution is 5.81. The molecule has 0 saturated carbocycles. The summed E-state index contributed by atoms with van der Waals surface area (Å²) in [5, 5.41) is 10.5. The molecule has 70 valence electrons. The Hall–Kier alpha value is -1.06. The minimum Gasteiger partial charge on any atom is -0.480 e. The molecule has 0 aromatic heterocycles. The van der Waals surface area contributed by atoms with Crippen LogP contribution in [0.25, 0.3) is 0 Å². The maximum atomic E-state index is 10.9. The molecule has 12 heavy (non-hydrogen) atoms. The van der Waals surface area contributed by atoms with E-state index in [1.165, 1.54) is 0 Å². The fourth-order valence-corrected chi connectivity index (χ4v) is 0.707. The molecule has 0 spiro atoms. The van der Waals surface area contributed by atoms with Crippen molar-refractivity contribution in [2.24, 2.45) is 5.92 Å². The third kappa shape index (κ3) is 5.70. The van der Waals surface area contributed by atoms with Gasteiger partial charge in [-0.2, -0.15) is 0 Å². The molecule has 4 heteroatoms. The van der Waals surface area contributed by atoms with Crippen LogP contribution in [0.5, 0.6) is 0 Å². The van der Waals surface area contributed by atoms with Gasteiger partial charge in [-0.1, -0.05) is 20.3 Å². The van der Waals surface area contributed by atoms with E-state index in [0.29, 0.717) is 12.3 Å². The third-order valence-electron chi connectivity index (χ3n) is 1.67. The zero-order chi connectivity index (χ0) is 9.56. The molecule has 0 aromatic rings. The molecule has 0 radical (unpaired) electrons. The van der Waals surface area contributed by atoms with Gasteiger partial charge < -0.3 is 10.4 Å². The van der Waals surface area contributed by atoms with Crippen molar-refractivity contribution >= 4 is 11.9 Å². The summed E-state index contributed by atoms with van der Waals surface area (Å²) in [4.78, 5) is 21.0. The number of rotatable bonds is 5. The minimum absolute atomic E-state index is 0.188. The predicted octanol–water partition coefficient (Wildman–Crippen LogP) is 0.623. The van der Waals surface area contributed by atoms with Crippen LogP contribution in [-0.2, 0) is 9.59 Å². The Morgan fingerprint density at radius 1 is 1.50 bits per heavy atom. The lowest BCUT2D eigenvalue weighted by Gasteiger charge is -2.06. The zero-order valence-electron chi connectivity index (χ0n) is 7.46. The van der Waals surface area contributed by atoms with Crippen LogP contribution in [0, 0.1) is 5.92 Å². The molecule has 0 bridgehead atoms. The molecule has 0 aliphatic heterocycles. The molecule has 0 aliphatic rings. The van der Waals surface area contributed by atoms with Gasteiger partial charge in [-0.3, -0.25) is 9.59 Å². The molecule has 0 heterocycles. The number of carboxylic acid groups (broad SMARTS) is 1. The summed E-state index contributed by atoms with van der Waals surface area (Å²) >= 11 is 0. The van der Waals surface area contributed by atoms with Gasteiger partial charge in [0.25, 0.3) is 0 Å². The second-order valence-electron chi connectivity index (χ2n) is 2.89. The highest BCUT2D eigenvalue weighted by Crippen LogP contribution is 2.04. The lowest BCUT2D eigenvalue weighted by Crippen LogP contribution is -2.30. The van der Waals surface area contributed by atoms with Crippen molar-refractivity contribution in [1.29, 1.82) is 0 Å². The van der Waals surface area contributed by atoms with E-state index in [1.807, 2.05) is 13.8 Å². The lowest BCUT2D eigenvalue weighted by molar-refractivity contribution is -0.138. The SMILES string of the molecule is CCC(C)CC(=O)NCC(=O)O. The van der Waals surface area contributed by atoms with Crippen molar-refractivity contribution < 1.29 is 14.7 Å². The van der Waals surface area contributed by atoms with Gasteiger partial charge >= 0.3 is 5.97 Å². The van der Waals surface area contributed by atoms with Crippen LogP contribution in [0.4, 0.5) is 0 Å². The van der Waals surface area contributed by atoms with Gasteiger partial charge in [0.1, 0.15) is 6.54 Å². The number of aliphatic carboxylic acids is 1. The Kier molecular flexibility index (Phi) is 5.08. The van der Waals surface area contributed by atoms with Crippen molar-refractivity contribution in [1.82, 2.24) is 5.32 Å². The number of carbonyl (C=O) groups excluding carboxylic acids is 1. The summed E-state index contributed by atoms with van der Waals surface area (Å²) in [6.45, 7) is 3.67. The number of carbonyl (C=O) groups is 2. The second-order valence-corrected chi connectivity index (χ2v) is 2.89. The molecular formula is C8H15NO3. The van der Waals surface area contributed by atoms with Gasteiger partial charge in [0, 0.05) is 6.42 Å². The zero-order valence-corrected chi connectivity index (χ0v) is 7.46. The monoisotopic (exact) mass is 173 g/mol. The first kappa shape index (κ1) is 10.9. The molecule has 1 atom stereocenters. The van der Waals surface area contributed by atoms with E-state index in [2.05, 4.69) is 5.32 Å². The van der Waals surface area contributed by atoms with Crippen LogP contribution in [-0.4, -0.2) is 23.5 Å². The number of nitrogens with one attached hydrogen (secondary N) is 1. The van der Waals surface area contributed by atoms with Gasteiger partial charge in [0.15, 0.2) is 0 Å². The summed E-state index contributed by atoms with van der Waals surface area (Å²) in [5.41, 5.74) is 0. The van der Waals surface area contributed by atoms with Crippen LogP contribution >= 0.6 is 0 Å². The highest BCUT2D eigenvalue weighted by atomic mass is 16.4. The quantitative estimate of drug-likeness (QED) is 0.640. The largest absolute Gasteiger partial charge is 0.480 e. The maximum absolute atomic E-state index is 10.9. The number of carboxylic acids is 1. The summed E-state index contributed by atoms with van der Waals surface area (Å²) in [7, 11) is 0. The molecule has 1 amide bonds. The Bertz CT molecular complexity index is 168. The van der Waals surface area contributed by atoms with Crippen LogP contribution in [0.1, 0.15) is 26.7 Å². The predicted molar refractivity (Wildman–Crippen MR) is 44.7 cm³/mol. The van der Waals surface area contributed by atoms with E-state index >= 15 is 0 Å². The van der Waals surface area contributed by atoms with E-state index < -0.39 is 5.97 Å². The molecule has 2 N–H and O–H groups in total. The molecule has 1 unspecified atom stereocenters. The van der Waals surface area contributed by atoms with E-state index in [0.717, 1.165) is 6.42 Å². The summed E-state index contributed by atoms with van der Waals surface area (Å²) in [5.74, 6) is -0.877. The summed E-state index contributed by atoms with van der Waals surface area (Å²) in [6.07, 6.45) is 1.34. The van der Waals surface area contributed by atoms with Gasteiger partial charge in [-0.05, 0) is 5.92 Å². The first-order chi connectivity index (χ1) is 5.56. The third-order valence-corrected chi connectivity index (χ3v) is 1.67. The Morgan fingerprint density at radius 3 is 2.50 bits per heavy atom. The van der Waals surface area contributed by atoms with Gasteiger partial charge in [0.2, 0.25) is 5.91 Å². The molecule has 0 aromatic carbocycles. The number of hydrogen-bond donors (Lipinski definition) is 2. The fraction of sp³-hybridized carbons (Fsp3) is 0.750. The van der Waals surface area contributed by atoms with Crippen molar-refractivity contribution in [3.63, 3.8) is 0 Å². The molecule has 0 rings (SSSR count). The number of amides is 1. The van der Waals surface area contributed by atoms with Crippen molar-refractivity contribution in [3.8, 4) is 0 Å². The van der Waals surface area contributed by atoms with E-state index in [9.17, 15) is 9.59 Å². The maximum Gasteiger partial charge on any atom is 0.322 e. The van der Waals surface area contributed by atoms with E-state index in [4.69, 9.17) is 5.11 Å². The Labute approximate surface area is 72.0 Å². The average molecular weight is 173 g/mol. The molecular weight excluding hydrogens is 158 g/mol. The van der Waals surface area contributed by atoms with Crippen LogP contribution in [0.2, 0.25) is 0 Å².